The minimum Gasteiger partial charge on any atom is -0.356 e. The molecule has 5 nitrogen and oxygen atoms in total. The first-order valence-corrected chi connectivity index (χ1v) is 7.80. The van der Waals surface area contributed by atoms with Crippen molar-refractivity contribution in [2.75, 3.05) is 0 Å². The van der Waals surface area contributed by atoms with Crippen molar-refractivity contribution in [1.29, 1.82) is 0 Å². The molecule has 0 aliphatic heterocycles. The number of halogens is 1. The molecule has 0 unspecified atom stereocenters. The van der Waals surface area contributed by atoms with Crippen LogP contribution in [0.25, 0.3) is 11.3 Å². The first-order chi connectivity index (χ1) is 10.2. The highest BCUT2D eigenvalue weighted by Gasteiger charge is 2.12. The average Bonchev–Trinajstić information content (AvgIpc) is 3.15. The Bertz CT molecular complexity index is 754. The number of rotatable bonds is 4. The molecule has 106 valence electrons. The summed E-state index contributed by atoms with van der Waals surface area (Å²) in [5.41, 5.74) is 1.62. The van der Waals surface area contributed by atoms with Gasteiger partial charge in [-0.1, -0.05) is 35.5 Å². The van der Waals surface area contributed by atoms with E-state index >= 15 is 0 Å². The van der Waals surface area contributed by atoms with Crippen molar-refractivity contribution in [2.24, 2.45) is 0 Å². The van der Waals surface area contributed by atoms with Crippen molar-refractivity contribution in [2.45, 2.75) is 6.54 Å². The van der Waals surface area contributed by atoms with Gasteiger partial charge in [0, 0.05) is 17.0 Å². The Balaban J connectivity index is 1.64. The van der Waals surface area contributed by atoms with Crippen LogP contribution >= 0.6 is 27.3 Å². The predicted octanol–water partition coefficient (Wildman–Crippen LogP) is 3.49. The van der Waals surface area contributed by atoms with Gasteiger partial charge in [-0.25, -0.2) is 4.98 Å². The third-order valence-electron chi connectivity index (χ3n) is 2.72. The molecule has 1 N–H and O–H groups in total. The van der Waals surface area contributed by atoms with Gasteiger partial charge in [-0.05, 0) is 15.9 Å². The average molecular weight is 364 g/mol. The van der Waals surface area contributed by atoms with E-state index in [1.54, 1.807) is 5.38 Å². The monoisotopic (exact) mass is 363 g/mol. The molecule has 0 saturated carbocycles. The highest BCUT2D eigenvalue weighted by Crippen LogP contribution is 2.20. The second-order valence-electron chi connectivity index (χ2n) is 4.21. The van der Waals surface area contributed by atoms with Crippen molar-refractivity contribution in [3.05, 3.63) is 57.1 Å². The van der Waals surface area contributed by atoms with Gasteiger partial charge in [0.05, 0.1) is 6.54 Å². The standard InChI is InChI=1S/C14H10BrN3O2S/c15-12-8-21-14(17-12)13(19)16-7-10-6-11(20-18-10)9-4-2-1-3-5-9/h1-6,8H,7H2,(H,16,19). The van der Waals surface area contributed by atoms with Crippen molar-refractivity contribution >= 4 is 33.2 Å². The van der Waals surface area contributed by atoms with Crippen LogP contribution in [-0.4, -0.2) is 16.0 Å². The van der Waals surface area contributed by atoms with Crippen LogP contribution in [0.2, 0.25) is 0 Å². The Hall–Kier alpha value is -1.99. The molecule has 1 aromatic carbocycles. The lowest BCUT2D eigenvalue weighted by atomic mass is 10.2. The molecule has 0 fully saturated rings. The molecule has 0 aliphatic carbocycles. The van der Waals surface area contributed by atoms with E-state index in [2.05, 4.69) is 31.4 Å². The summed E-state index contributed by atoms with van der Waals surface area (Å²) in [6, 6.07) is 11.5. The molecular weight excluding hydrogens is 354 g/mol. The zero-order chi connectivity index (χ0) is 14.7. The van der Waals surface area contributed by atoms with E-state index in [9.17, 15) is 4.79 Å². The van der Waals surface area contributed by atoms with Gasteiger partial charge in [0.15, 0.2) is 10.8 Å². The highest BCUT2D eigenvalue weighted by molar-refractivity contribution is 9.10. The fourth-order valence-electron chi connectivity index (χ4n) is 1.74. The predicted molar refractivity (Wildman–Crippen MR) is 82.9 cm³/mol. The highest BCUT2D eigenvalue weighted by atomic mass is 79.9. The van der Waals surface area contributed by atoms with Crippen LogP contribution in [0, 0.1) is 0 Å². The number of carbonyl (C=O) groups is 1. The van der Waals surface area contributed by atoms with Gasteiger partial charge in [0.1, 0.15) is 10.3 Å². The van der Waals surface area contributed by atoms with Gasteiger partial charge in [-0.15, -0.1) is 11.3 Å². The minimum absolute atomic E-state index is 0.227. The maximum atomic E-state index is 11.9. The summed E-state index contributed by atoms with van der Waals surface area (Å²) in [5, 5.41) is 8.88. The number of nitrogens with zero attached hydrogens (tertiary/aromatic N) is 2. The van der Waals surface area contributed by atoms with Gasteiger partial charge >= 0.3 is 0 Å². The molecular formula is C14H10BrN3O2S. The van der Waals surface area contributed by atoms with Crippen LogP contribution in [0.3, 0.4) is 0 Å². The SMILES string of the molecule is O=C(NCc1cc(-c2ccccc2)on1)c1nc(Br)cs1. The minimum atomic E-state index is -0.227. The van der Waals surface area contributed by atoms with Crippen LogP contribution in [0.4, 0.5) is 0 Å². The molecule has 0 aliphatic rings. The summed E-state index contributed by atoms with van der Waals surface area (Å²) in [4.78, 5) is 15.9. The Morgan fingerprint density at radius 2 is 2.14 bits per heavy atom. The van der Waals surface area contributed by atoms with E-state index in [1.807, 2.05) is 36.4 Å². The third kappa shape index (κ3) is 3.37. The molecule has 3 aromatic rings. The summed E-state index contributed by atoms with van der Waals surface area (Å²) in [6.07, 6.45) is 0. The summed E-state index contributed by atoms with van der Waals surface area (Å²) >= 11 is 4.50. The topological polar surface area (TPSA) is 68.0 Å². The molecule has 21 heavy (non-hydrogen) atoms. The zero-order valence-corrected chi connectivity index (χ0v) is 13.1. The van der Waals surface area contributed by atoms with E-state index in [4.69, 9.17) is 4.52 Å². The first kappa shape index (κ1) is 14.0. The molecule has 0 spiro atoms. The number of carbonyl (C=O) groups excluding carboxylic acids is 1. The molecule has 1 amide bonds. The van der Waals surface area contributed by atoms with Crippen LogP contribution in [0.1, 0.15) is 15.5 Å². The van der Waals surface area contributed by atoms with Crippen molar-refractivity contribution in [3.63, 3.8) is 0 Å². The molecule has 0 radical (unpaired) electrons. The lowest BCUT2D eigenvalue weighted by molar-refractivity contribution is 0.0949. The number of thiazole rings is 1. The summed E-state index contributed by atoms with van der Waals surface area (Å²) in [5.74, 6) is 0.451. The normalized spacial score (nSPS) is 10.5. The Labute approximate surface area is 133 Å². The number of hydrogen-bond acceptors (Lipinski definition) is 5. The molecule has 2 aromatic heterocycles. The number of benzene rings is 1. The van der Waals surface area contributed by atoms with E-state index in [-0.39, 0.29) is 5.91 Å². The van der Waals surface area contributed by atoms with E-state index in [1.165, 1.54) is 11.3 Å². The van der Waals surface area contributed by atoms with Crippen molar-refractivity contribution < 1.29 is 9.32 Å². The summed E-state index contributed by atoms with van der Waals surface area (Å²) in [6.45, 7) is 0.298. The van der Waals surface area contributed by atoms with Gasteiger partial charge in [0.25, 0.3) is 5.91 Å². The van der Waals surface area contributed by atoms with Crippen LogP contribution in [-0.2, 0) is 6.54 Å². The maximum absolute atomic E-state index is 11.9. The van der Waals surface area contributed by atoms with Gasteiger partial charge in [-0.3, -0.25) is 4.79 Å². The largest absolute Gasteiger partial charge is 0.356 e. The first-order valence-electron chi connectivity index (χ1n) is 6.12. The van der Waals surface area contributed by atoms with Gasteiger partial charge < -0.3 is 9.84 Å². The molecule has 3 rings (SSSR count). The van der Waals surface area contributed by atoms with E-state index in [0.717, 1.165) is 5.56 Å². The Morgan fingerprint density at radius 1 is 1.33 bits per heavy atom. The third-order valence-corrected chi connectivity index (χ3v) is 4.27. The van der Waals surface area contributed by atoms with Crippen molar-refractivity contribution in [1.82, 2.24) is 15.5 Å². The second kappa shape index (κ2) is 6.19. The molecule has 0 bridgehead atoms. The molecule has 0 saturated heterocycles. The Morgan fingerprint density at radius 3 is 2.86 bits per heavy atom. The van der Waals surface area contributed by atoms with E-state index in [0.29, 0.717) is 27.6 Å². The quantitative estimate of drug-likeness (QED) is 0.770. The van der Waals surface area contributed by atoms with E-state index < -0.39 is 0 Å². The fourth-order valence-corrected chi connectivity index (χ4v) is 2.91. The lowest BCUT2D eigenvalue weighted by Crippen LogP contribution is -2.22. The lowest BCUT2D eigenvalue weighted by Gasteiger charge is -1.98. The molecule has 7 heteroatoms. The second-order valence-corrected chi connectivity index (χ2v) is 5.88. The van der Waals surface area contributed by atoms with Crippen molar-refractivity contribution in [3.8, 4) is 11.3 Å². The van der Waals surface area contributed by atoms with Crippen LogP contribution in [0.15, 0.2) is 50.9 Å². The number of nitrogens with one attached hydrogen (secondary N) is 1. The number of amides is 1. The fraction of sp³-hybridized carbons (Fsp3) is 0.0714. The van der Waals surface area contributed by atoms with Crippen LogP contribution < -0.4 is 5.32 Å². The van der Waals surface area contributed by atoms with Crippen LogP contribution in [0.5, 0.6) is 0 Å². The number of aromatic nitrogens is 2. The smallest absolute Gasteiger partial charge is 0.280 e. The zero-order valence-electron chi connectivity index (χ0n) is 10.7. The molecule has 0 atom stereocenters. The van der Waals surface area contributed by atoms with Gasteiger partial charge in [-0.2, -0.15) is 0 Å². The van der Waals surface area contributed by atoms with Gasteiger partial charge in [0.2, 0.25) is 0 Å². The molecule has 2 heterocycles. The summed E-state index contributed by atoms with van der Waals surface area (Å²) < 4.78 is 5.93. The Kier molecular flexibility index (Phi) is 4.12. The number of hydrogen-bond donors (Lipinski definition) is 1. The summed E-state index contributed by atoms with van der Waals surface area (Å²) in [7, 11) is 0. The maximum Gasteiger partial charge on any atom is 0.280 e.